The molecule has 3 rings (SSSR count). The molecule has 3 aromatic rings. The molecule has 1 N–H and O–H groups in total. The fourth-order valence-electron chi connectivity index (χ4n) is 2.41. The van der Waals surface area contributed by atoms with Crippen LogP contribution in [0.1, 0.15) is 36.7 Å². The highest BCUT2D eigenvalue weighted by Gasteiger charge is 2.15. The van der Waals surface area contributed by atoms with Gasteiger partial charge in [0.1, 0.15) is 0 Å². The number of nitrogens with one attached hydrogen (secondary N) is 1. The Morgan fingerprint density at radius 3 is 2.35 bits per heavy atom. The lowest BCUT2D eigenvalue weighted by Gasteiger charge is -2.18. The summed E-state index contributed by atoms with van der Waals surface area (Å²) in [6.07, 6.45) is 0. The fraction of sp³-hybridized carbons (Fsp3) is 0.200. The fourth-order valence-corrected chi connectivity index (χ4v) is 3.42. The van der Waals surface area contributed by atoms with E-state index in [1.54, 1.807) is 12.1 Å². The maximum Gasteiger partial charge on any atom is 0.257 e. The van der Waals surface area contributed by atoms with E-state index in [2.05, 4.69) is 31.1 Å². The van der Waals surface area contributed by atoms with Gasteiger partial charge in [-0.3, -0.25) is 10.1 Å². The lowest BCUT2D eigenvalue weighted by molar-refractivity contribution is 0.102. The van der Waals surface area contributed by atoms with E-state index < -0.39 is 0 Å². The highest BCUT2D eigenvalue weighted by molar-refractivity contribution is 7.14. The number of aromatic nitrogens is 1. The van der Waals surface area contributed by atoms with Crippen LogP contribution in [-0.4, -0.2) is 10.9 Å². The van der Waals surface area contributed by atoms with Crippen molar-refractivity contribution in [2.45, 2.75) is 26.2 Å². The molecule has 1 heterocycles. The molecule has 134 valence electrons. The van der Waals surface area contributed by atoms with E-state index in [1.807, 2.05) is 35.7 Å². The van der Waals surface area contributed by atoms with Crippen LogP contribution in [0.2, 0.25) is 10.0 Å². The minimum atomic E-state index is -0.180. The van der Waals surface area contributed by atoms with Crippen LogP contribution in [0.5, 0.6) is 0 Å². The van der Waals surface area contributed by atoms with Gasteiger partial charge in [0.15, 0.2) is 5.13 Å². The first-order valence-corrected chi connectivity index (χ1v) is 9.70. The molecule has 0 aliphatic rings. The Balaban J connectivity index is 1.74. The molecule has 0 radical (unpaired) electrons. The Morgan fingerprint density at radius 1 is 1.04 bits per heavy atom. The van der Waals surface area contributed by atoms with Crippen LogP contribution in [0.15, 0.2) is 47.8 Å². The smallest absolute Gasteiger partial charge is 0.257 e. The van der Waals surface area contributed by atoms with Crippen LogP contribution in [0, 0.1) is 0 Å². The molecule has 26 heavy (non-hydrogen) atoms. The van der Waals surface area contributed by atoms with Crippen molar-refractivity contribution >= 4 is 45.6 Å². The SMILES string of the molecule is CC(C)(C)c1ccc(C(=O)Nc2nc(-c3ccc(Cl)c(Cl)c3)cs2)cc1. The van der Waals surface area contributed by atoms with Crippen molar-refractivity contribution < 1.29 is 4.79 Å². The van der Waals surface area contributed by atoms with Gasteiger partial charge in [0, 0.05) is 16.5 Å². The molecule has 2 aromatic carbocycles. The lowest BCUT2D eigenvalue weighted by Crippen LogP contribution is -2.14. The number of rotatable bonds is 3. The second kappa shape index (κ2) is 7.39. The Kier molecular flexibility index (Phi) is 5.37. The molecule has 1 aromatic heterocycles. The monoisotopic (exact) mass is 404 g/mol. The van der Waals surface area contributed by atoms with Crippen LogP contribution in [0.4, 0.5) is 5.13 Å². The molecule has 0 aliphatic heterocycles. The van der Waals surface area contributed by atoms with Crippen LogP contribution in [0.25, 0.3) is 11.3 Å². The maximum absolute atomic E-state index is 12.4. The third-order valence-corrected chi connectivity index (χ3v) is 5.45. The molecular formula is C20H18Cl2N2OS. The number of nitrogens with zero attached hydrogens (tertiary/aromatic N) is 1. The first-order valence-electron chi connectivity index (χ1n) is 8.07. The summed E-state index contributed by atoms with van der Waals surface area (Å²) in [4.78, 5) is 16.9. The lowest BCUT2D eigenvalue weighted by atomic mass is 9.87. The van der Waals surface area contributed by atoms with Crippen LogP contribution < -0.4 is 5.32 Å². The quantitative estimate of drug-likeness (QED) is 0.529. The Hall–Kier alpha value is -1.88. The number of carbonyl (C=O) groups is 1. The number of benzene rings is 2. The van der Waals surface area contributed by atoms with Gasteiger partial charge in [-0.05, 0) is 35.2 Å². The first kappa shape index (κ1) is 18.9. The van der Waals surface area contributed by atoms with Gasteiger partial charge in [-0.25, -0.2) is 4.98 Å². The molecule has 3 nitrogen and oxygen atoms in total. The summed E-state index contributed by atoms with van der Waals surface area (Å²) in [6, 6.07) is 13.0. The van der Waals surface area contributed by atoms with Crippen LogP contribution >= 0.6 is 34.5 Å². The van der Waals surface area contributed by atoms with Gasteiger partial charge in [0.2, 0.25) is 0 Å². The second-order valence-electron chi connectivity index (χ2n) is 6.95. The summed E-state index contributed by atoms with van der Waals surface area (Å²) in [7, 11) is 0. The van der Waals surface area contributed by atoms with Crippen molar-refractivity contribution in [2.75, 3.05) is 5.32 Å². The van der Waals surface area contributed by atoms with Gasteiger partial charge in [0.25, 0.3) is 5.91 Å². The predicted octanol–water partition coefficient (Wildman–Crippen LogP) is 6.67. The van der Waals surface area contributed by atoms with Crippen molar-refractivity contribution in [2.24, 2.45) is 0 Å². The molecule has 0 unspecified atom stereocenters. The van der Waals surface area contributed by atoms with E-state index in [0.717, 1.165) is 11.3 Å². The van der Waals surface area contributed by atoms with Gasteiger partial charge in [-0.2, -0.15) is 0 Å². The van der Waals surface area contributed by atoms with E-state index >= 15 is 0 Å². The molecular weight excluding hydrogens is 387 g/mol. The maximum atomic E-state index is 12.4. The Labute approximate surface area is 167 Å². The average Bonchev–Trinajstić information content (AvgIpc) is 3.05. The molecule has 0 saturated heterocycles. The van der Waals surface area contributed by atoms with Gasteiger partial charge in [-0.1, -0.05) is 62.2 Å². The summed E-state index contributed by atoms with van der Waals surface area (Å²) in [5.74, 6) is -0.180. The van der Waals surface area contributed by atoms with E-state index in [1.165, 1.54) is 16.9 Å². The van der Waals surface area contributed by atoms with Gasteiger partial charge in [-0.15, -0.1) is 11.3 Å². The Morgan fingerprint density at radius 2 is 1.73 bits per heavy atom. The summed E-state index contributed by atoms with van der Waals surface area (Å²) in [5, 5.41) is 6.22. The molecule has 1 amide bonds. The van der Waals surface area contributed by atoms with E-state index in [0.29, 0.717) is 20.7 Å². The summed E-state index contributed by atoms with van der Waals surface area (Å²) in [5.41, 5.74) is 3.44. The number of hydrogen-bond acceptors (Lipinski definition) is 3. The third kappa shape index (κ3) is 4.26. The Bertz CT molecular complexity index is 943. The number of thiazole rings is 1. The molecule has 0 bridgehead atoms. The number of amides is 1. The highest BCUT2D eigenvalue weighted by Crippen LogP contribution is 2.30. The van der Waals surface area contributed by atoms with Gasteiger partial charge < -0.3 is 0 Å². The van der Waals surface area contributed by atoms with Crippen molar-refractivity contribution in [1.82, 2.24) is 4.98 Å². The van der Waals surface area contributed by atoms with Crippen LogP contribution in [-0.2, 0) is 5.41 Å². The van der Waals surface area contributed by atoms with Gasteiger partial charge >= 0.3 is 0 Å². The first-order chi connectivity index (χ1) is 12.2. The van der Waals surface area contributed by atoms with E-state index in [4.69, 9.17) is 23.2 Å². The second-order valence-corrected chi connectivity index (χ2v) is 8.62. The van der Waals surface area contributed by atoms with Crippen molar-refractivity contribution in [3.05, 3.63) is 69.0 Å². The average molecular weight is 405 g/mol. The van der Waals surface area contributed by atoms with E-state index in [-0.39, 0.29) is 11.3 Å². The summed E-state index contributed by atoms with van der Waals surface area (Å²) < 4.78 is 0. The molecule has 0 spiro atoms. The zero-order chi connectivity index (χ0) is 18.9. The standard InChI is InChI=1S/C20H18Cl2N2OS/c1-20(2,3)14-7-4-12(5-8-14)18(25)24-19-23-17(11-26-19)13-6-9-15(21)16(22)10-13/h4-11H,1-3H3,(H,23,24,25). The normalized spacial score (nSPS) is 11.4. The highest BCUT2D eigenvalue weighted by atomic mass is 35.5. The van der Waals surface area contributed by atoms with Crippen molar-refractivity contribution in [1.29, 1.82) is 0 Å². The van der Waals surface area contributed by atoms with Crippen LogP contribution in [0.3, 0.4) is 0 Å². The summed E-state index contributed by atoms with van der Waals surface area (Å²) in [6.45, 7) is 6.42. The number of halogens is 2. The minimum Gasteiger partial charge on any atom is -0.298 e. The van der Waals surface area contributed by atoms with Gasteiger partial charge in [0.05, 0.1) is 15.7 Å². The zero-order valence-corrected chi connectivity index (χ0v) is 17.0. The summed E-state index contributed by atoms with van der Waals surface area (Å²) >= 11 is 13.4. The molecule has 0 aliphatic carbocycles. The number of hydrogen-bond donors (Lipinski definition) is 1. The number of carbonyl (C=O) groups excluding carboxylic acids is 1. The molecule has 6 heteroatoms. The molecule has 0 atom stereocenters. The van der Waals surface area contributed by atoms with E-state index in [9.17, 15) is 4.79 Å². The minimum absolute atomic E-state index is 0.0546. The van der Waals surface area contributed by atoms with Crippen molar-refractivity contribution in [3.63, 3.8) is 0 Å². The predicted molar refractivity (Wildman–Crippen MR) is 111 cm³/mol. The van der Waals surface area contributed by atoms with Crippen molar-refractivity contribution in [3.8, 4) is 11.3 Å². The largest absolute Gasteiger partial charge is 0.298 e. The third-order valence-electron chi connectivity index (χ3n) is 3.95. The zero-order valence-electron chi connectivity index (χ0n) is 14.6. The topological polar surface area (TPSA) is 42.0 Å². The number of anilines is 1. The molecule has 0 fully saturated rings. The molecule has 0 saturated carbocycles.